The molecule has 0 aliphatic carbocycles. The van der Waals surface area contributed by atoms with Gasteiger partial charge in [-0.1, -0.05) is 37.4 Å². The summed E-state index contributed by atoms with van der Waals surface area (Å²) in [7, 11) is 0. The summed E-state index contributed by atoms with van der Waals surface area (Å²) in [4.78, 5) is 18.8. The van der Waals surface area contributed by atoms with Crippen molar-refractivity contribution in [2.24, 2.45) is 5.92 Å². The van der Waals surface area contributed by atoms with Gasteiger partial charge in [0.05, 0.1) is 30.5 Å². The second-order valence-corrected chi connectivity index (χ2v) is 9.61. The van der Waals surface area contributed by atoms with E-state index in [9.17, 15) is 4.79 Å². The molecule has 0 amide bonds. The van der Waals surface area contributed by atoms with Gasteiger partial charge in [-0.25, -0.2) is 9.38 Å². The molecule has 3 aromatic heterocycles. The fourth-order valence-corrected chi connectivity index (χ4v) is 5.81. The van der Waals surface area contributed by atoms with Crippen LogP contribution < -0.4 is 0 Å². The highest BCUT2D eigenvalue weighted by atomic mass is 32.2. The Morgan fingerprint density at radius 3 is 2.93 bits per heavy atom. The van der Waals surface area contributed by atoms with Crippen LogP contribution in [0.1, 0.15) is 31.2 Å². The smallest absolute Gasteiger partial charge is 0.316 e. The molecule has 0 radical (unpaired) electrons. The van der Waals surface area contributed by atoms with Gasteiger partial charge in [0.25, 0.3) is 0 Å². The van der Waals surface area contributed by atoms with Gasteiger partial charge in [-0.05, 0) is 24.7 Å². The van der Waals surface area contributed by atoms with Gasteiger partial charge in [0.2, 0.25) is 0 Å². The second-order valence-electron chi connectivity index (χ2n) is 6.82. The molecule has 0 N–H and O–H groups in total. The minimum absolute atomic E-state index is 0.200. The Balaban J connectivity index is 1.80. The highest BCUT2D eigenvalue weighted by molar-refractivity contribution is 8.00. The van der Waals surface area contributed by atoms with Crippen LogP contribution in [0.25, 0.3) is 15.9 Å². The van der Waals surface area contributed by atoms with E-state index in [1.165, 1.54) is 22.2 Å². The molecule has 4 rings (SSSR count). The third-order valence-corrected chi connectivity index (χ3v) is 7.34. The van der Waals surface area contributed by atoms with E-state index in [-0.39, 0.29) is 17.8 Å². The lowest BCUT2D eigenvalue weighted by Crippen LogP contribution is -2.26. The number of carbonyl (C=O) groups excluding carboxylic acids is 1. The molecule has 3 aromatic rings. The summed E-state index contributed by atoms with van der Waals surface area (Å²) in [6.07, 6.45) is 3.05. The van der Waals surface area contributed by atoms with Gasteiger partial charge in [0, 0.05) is 11.3 Å². The molecule has 0 aromatic carbocycles. The summed E-state index contributed by atoms with van der Waals surface area (Å²) in [5, 5.41) is 11.4. The number of thiophene rings is 1. The summed E-state index contributed by atoms with van der Waals surface area (Å²) in [6.45, 7) is 7.17. The number of carbonyl (C=O) groups is 1. The lowest BCUT2D eigenvalue weighted by Gasteiger charge is -2.26. The number of nitrogens with zero attached hydrogens (tertiary/aromatic N) is 4. The molecule has 0 saturated carbocycles. The van der Waals surface area contributed by atoms with E-state index >= 15 is 0 Å². The maximum absolute atomic E-state index is 11.8. The molecule has 1 aliphatic rings. The molecular weight excluding hydrogens is 416 g/mol. The van der Waals surface area contributed by atoms with E-state index in [4.69, 9.17) is 14.5 Å². The first-order valence-electron chi connectivity index (χ1n) is 9.16. The van der Waals surface area contributed by atoms with Crippen LogP contribution in [0.2, 0.25) is 0 Å². The van der Waals surface area contributed by atoms with Gasteiger partial charge in [0.1, 0.15) is 4.83 Å². The predicted molar refractivity (Wildman–Crippen MR) is 112 cm³/mol. The SMILES string of the molecule is CCOC(=O)CSc1nnc2c3c4c(sc3nc(SC)n12)COC(C(C)C)C4. The third kappa shape index (κ3) is 3.51. The Hall–Kier alpha value is -1.36. The Kier molecular flexibility index (Phi) is 5.82. The number of esters is 1. The van der Waals surface area contributed by atoms with Gasteiger partial charge in [0.15, 0.2) is 16.0 Å². The van der Waals surface area contributed by atoms with Crippen molar-refractivity contribution in [1.29, 1.82) is 0 Å². The van der Waals surface area contributed by atoms with Crippen LogP contribution >= 0.6 is 34.9 Å². The van der Waals surface area contributed by atoms with E-state index in [1.807, 2.05) is 10.7 Å². The van der Waals surface area contributed by atoms with Gasteiger partial charge in [-0.15, -0.1) is 21.5 Å². The van der Waals surface area contributed by atoms with Crippen molar-refractivity contribution in [2.75, 3.05) is 18.6 Å². The minimum atomic E-state index is -0.256. The number of ether oxygens (including phenoxy) is 2. The van der Waals surface area contributed by atoms with E-state index in [2.05, 4.69) is 24.0 Å². The summed E-state index contributed by atoms with van der Waals surface area (Å²) >= 11 is 4.55. The third-order valence-electron chi connectivity index (χ3n) is 4.70. The predicted octanol–water partition coefficient (Wildman–Crippen LogP) is 3.81. The molecule has 0 bridgehead atoms. The number of hydrogen-bond donors (Lipinski definition) is 0. The van der Waals surface area contributed by atoms with Crippen LogP contribution in [0.15, 0.2) is 10.3 Å². The highest BCUT2D eigenvalue weighted by Crippen LogP contribution is 2.40. The quantitative estimate of drug-likeness (QED) is 0.327. The van der Waals surface area contributed by atoms with Gasteiger partial charge in [-0.2, -0.15) is 0 Å². The zero-order valence-corrected chi connectivity index (χ0v) is 18.7. The highest BCUT2D eigenvalue weighted by Gasteiger charge is 2.29. The lowest BCUT2D eigenvalue weighted by atomic mass is 9.96. The first-order valence-corrected chi connectivity index (χ1v) is 12.2. The molecule has 150 valence electrons. The van der Waals surface area contributed by atoms with Crippen molar-refractivity contribution >= 4 is 56.7 Å². The van der Waals surface area contributed by atoms with Crippen molar-refractivity contribution in [3.63, 3.8) is 0 Å². The van der Waals surface area contributed by atoms with E-state index in [0.717, 1.165) is 27.4 Å². The average molecular weight is 439 g/mol. The lowest BCUT2D eigenvalue weighted by molar-refractivity contribution is -0.139. The maximum atomic E-state index is 11.8. The number of thioether (sulfide) groups is 2. The van der Waals surface area contributed by atoms with Crippen LogP contribution in [0.3, 0.4) is 0 Å². The number of rotatable bonds is 6. The largest absolute Gasteiger partial charge is 0.465 e. The molecule has 1 atom stereocenters. The molecule has 28 heavy (non-hydrogen) atoms. The molecule has 10 heteroatoms. The van der Waals surface area contributed by atoms with Gasteiger partial charge >= 0.3 is 5.97 Å². The molecule has 0 spiro atoms. The molecule has 4 heterocycles. The number of fused-ring (bicyclic) bond motifs is 5. The van der Waals surface area contributed by atoms with E-state index in [1.54, 1.807) is 30.0 Å². The summed E-state index contributed by atoms with van der Waals surface area (Å²) < 4.78 is 13.0. The van der Waals surface area contributed by atoms with Crippen molar-refractivity contribution < 1.29 is 14.3 Å². The average Bonchev–Trinajstić information content (AvgIpc) is 3.26. The number of hydrogen-bond acceptors (Lipinski definition) is 9. The zero-order valence-electron chi connectivity index (χ0n) is 16.2. The monoisotopic (exact) mass is 438 g/mol. The number of aromatic nitrogens is 4. The first-order chi connectivity index (χ1) is 13.5. The van der Waals surface area contributed by atoms with Crippen molar-refractivity contribution in [3.8, 4) is 0 Å². The fraction of sp³-hybridized carbons (Fsp3) is 0.556. The van der Waals surface area contributed by atoms with Gasteiger partial charge in [-0.3, -0.25) is 4.79 Å². The Labute approximate surface area is 175 Å². The Morgan fingerprint density at radius 1 is 1.39 bits per heavy atom. The molecular formula is C18H22N4O3S3. The second kappa shape index (κ2) is 8.17. The summed E-state index contributed by atoms with van der Waals surface area (Å²) in [5.74, 6) is 0.394. The van der Waals surface area contributed by atoms with Crippen LogP contribution in [-0.4, -0.2) is 50.3 Å². The topological polar surface area (TPSA) is 78.6 Å². The van der Waals surface area contributed by atoms with E-state index in [0.29, 0.717) is 24.3 Å². The van der Waals surface area contributed by atoms with Crippen LogP contribution in [0, 0.1) is 5.92 Å². The maximum Gasteiger partial charge on any atom is 0.316 e. The van der Waals surface area contributed by atoms with Crippen LogP contribution in [0.5, 0.6) is 0 Å². The van der Waals surface area contributed by atoms with E-state index < -0.39 is 0 Å². The molecule has 7 nitrogen and oxygen atoms in total. The minimum Gasteiger partial charge on any atom is -0.465 e. The molecule has 1 aliphatic heterocycles. The molecule has 0 fully saturated rings. The van der Waals surface area contributed by atoms with Crippen LogP contribution in [-0.2, 0) is 27.3 Å². The normalized spacial score (nSPS) is 16.8. The Bertz CT molecular complexity index is 1030. The van der Waals surface area contributed by atoms with Crippen molar-refractivity contribution in [2.45, 2.75) is 50.2 Å². The summed E-state index contributed by atoms with van der Waals surface area (Å²) in [6, 6.07) is 0. The summed E-state index contributed by atoms with van der Waals surface area (Å²) in [5.41, 5.74) is 2.09. The molecule has 0 saturated heterocycles. The van der Waals surface area contributed by atoms with Crippen molar-refractivity contribution in [3.05, 3.63) is 10.4 Å². The first kappa shape index (κ1) is 19.9. The van der Waals surface area contributed by atoms with Gasteiger partial charge < -0.3 is 9.47 Å². The Morgan fingerprint density at radius 2 is 2.21 bits per heavy atom. The van der Waals surface area contributed by atoms with Crippen molar-refractivity contribution in [1.82, 2.24) is 19.6 Å². The standard InChI is InChI=1S/C18H22N4O3S3/c1-5-24-13(23)8-27-18-21-20-15-14-10-6-11(9(2)3)25-7-12(10)28-16(14)19-17(26-4)22(15)18/h9,11H,5-8H2,1-4H3. The van der Waals surface area contributed by atoms with Crippen LogP contribution in [0.4, 0.5) is 0 Å². The zero-order chi connectivity index (χ0) is 19.8. The fourth-order valence-electron chi connectivity index (χ4n) is 3.31. The molecule has 1 unspecified atom stereocenters.